The summed E-state index contributed by atoms with van der Waals surface area (Å²) < 4.78 is 36.8. The van der Waals surface area contributed by atoms with E-state index in [4.69, 9.17) is 30.5 Å². The van der Waals surface area contributed by atoms with Gasteiger partial charge in [-0.1, -0.05) is 11.6 Å². The topological polar surface area (TPSA) is 115 Å². The van der Waals surface area contributed by atoms with Crippen molar-refractivity contribution < 1.29 is 33.2 Å². The SMILES string of the molecule is CCOC(=O)CN(CCOc1cc2c(Nc3ccc(F)c(Cl)c3)ncnc2cc1OC[C@H]1CCCO1)CC(C)(C)O. The standard InChI is InChI=1S/C29H36ClFN4O6/c1-4-38-27(36)15-35(17-29(2,3)37)9-11-40-25-13-21-24(14-26(25)41-16-20-6-5-10-39-20)32-18-33-28(21)34-19-7-8-23(31)22(30)12-19/h7-8,12-14,18,20,37H,4-6,9-11,15-17H2,1-3H3,(H,32,33,34)/t20-/m1/s1. The normalized spacial score (nSPS) is 15.3. The van der Waals surface area contributed by atoms with E-state index in [0.717, 1.165) is 12.8 Å². The molecule has 1 atom stereocenters. The maximum absolute atomic E-state index is 13.7. The lowest BCUT2D eigenvalue weighted by Crippen LogP contribution is -2.43. The molecule has 0 radical (unpaired) electrons. The van der Waals surface area contributed by atoms with Gasteiger partial charge in [0.05, 0.1) is 35.4 Å². The van der Waals surface area contributed by atoms with Gasteiger partial charge >= 0.3 is 5.97 Å². The average molecular weight is 591 g/mol. The third-order valence-corrected chi connectivity index (χ3v) is 6.56. The summed E-state index contributed by atoms with van der Waals surface area (Å²) in [5.74, 6) is 0.512. The Kier molecular flexibility index (Phi) is 10.5. The summed E-state index contributed by atoms with van der Waals surface area (Å²) in [6, 6.07) is 7.86. The summed E-state index contributed by atoms with van der Waals surface area (Å²) in [6.45, 7) is 7.25. The van der Waals surface area contributed by atoms with Gasteiger partial charge in [0.1, 0.15) is 31.2 Å². The van der Waals surface area contributed by atoms with Crippen molar-refractivity contribution in [3.05, 3.63) is 47.5 Å². The van der Waals surface area contributed by atoms with E-state index in [9.17, 15) is 14.3 Å². The molecule has 0 amide bonds. The molecule has 1 aliphatic rings. The lowest BCUT2D eigenvalue weighted by atomic mass is 10.1. The number of rotatable bonds is 14. The number of anilines is 2. The molecule has 1 saturated heterocycles. The van der Waals surface area contributed by atoms with Crippen LogP contribution in [0.15, 0.2) is 36.7 Å². The number of carbonyl (C=O) groups excluding carboxylic acids is 1. The molecule has 0 unspecified atom stereocenters. The maximum atomic E-state index is 13.7. The monoisotopic (exact) mass is 590 g/mol. The van der Waals surface area contributed by atoms with E-state index in [1.807, 2.05) is 0 Å². The van der Waals surface area contributed by atoms with E-state index < -0.39 is 11.4 Å². The number of aromatic nitrogens is 2. The van der Waals surface area contributed by atoms with E-state index in [1.54, 1.807) is 43.9 Å². The van der Waals surface area contributed by atoms with Crippen molar-refractivity contribution in [3.63, 3.8) is 0 Å². The minimum atomic E-state index is -1.02. The van der Waals surface area contributed by atoms with Crippen molar-refractivity contribution in [2.24, 2.45) is 0 Å². The molecule has 0 saturated carbocycles. The summed E-state index contributed by atoms with van der Waals surface area (Å²) in [4.78, 5) is 22.7. The fourth-order valence-electron chi connectivity index (χ4n) is 4.49. The molecule has 0 spiro atoms. The zero-order valence-electron chi connectivity index (χ0n) is 23.5. The predicted octanol–water partition coefficient (Wildman–Crippen LogP) is 4.74. The molecule has 0 aliphatic carbocycles. The van der Waals surface area contributed by atoms with E-state index >= 15 is 0 Å². The van der Waals surface area contributed by atoms with Crippen LogP contribution < -0.4 is 14.8 Å². The van der Waals surface area contributed by atoms with Crippen molar-refractivity contribution in [1.82, 2.24) is 14.9 Å². The molecule has 2 heterocycles. The number of carbonyl (C=O) groups is 1. The van der Waals surface area contributed by atoms with Crippen molar-refractivity contribution in [1.29, 1.82) is 0 Å². The van der Waals surface area contributed by atoms with Crippen molar-refractivity contribution in [3.8, 4) is 11.5 Å². The molecular formula is C29H36ClFN4O6. The molecule has 1 aromatic heterocycles. The highest BCUT2D eigenvalue weighted by molar-refractivity contribution is 6.31. The minimum absolute atomic E-state index is 0.00347. The van der Waals surface area contributed by atoms with Crippen LogP contribution in [0.4, 0.5) is 15.9 Å². The van der Waals surface area contributed by atoms with Gasteiger partial charge in [-0.2, -0.15) is 0 Å². The Morgan fingerprint density at radius 1 is 1.24 bits per heavy atom. The number of ether oxygens (including phenoxy) is 4. The molecule has 4 rings (SSSR count). The number of benzene rings is 2. The highest BCUT2D eigenvalue weighted by Gasteiger charge is 2.22. The van der Waals surface area contributed by atoms with Gasteiger partial charge < -0.3 is 29.4 Å². The molecule has 41 heavy (non-hydrogen) atoms. The first kappa shape index (κ1) is 30.7. The predicted molar refractivity (Wildman–Crippen MR) is 154 cm³/mol. The Labute approximate surface area is 243 Å². The van der Waals surface area contributed by atoms with Crippen molar-refractivity contribution in [2.45, 2.75) is 45.3 Å². The summed E-state index contributed by atoms with van der Waals surface area (Å²) in [6.07, 6.45) is 3.32. The van der Waals surface area contributed by atoms with Crippen LogP contribution in [-0.4, -0.2) is 83.7 Å². The highest BCUT2D eigenvalue weighted by Crippen LogP contribution is 2.36. The molecule has 2 aromatic carbocycles. The smallest absolute Gasteiger partial charge is 0.320 e. The first-order valence-electron chi connectivity index (χ1n) is 13.6. The average Bonchev–Trinajstić information content (AvgIpc) is 3.43. The minimum Gasteiger partial charge on any atom is -0.488 e. The quantitative estimate of drug-likeness (QED) is 0.255. The molecular weight excluding hydrogens is 555 g/mol. The van der Waals surface area contributed by atoms with Gasteiger partial charge in [-0.05, 0) is 57.9 Å². The fraction of sp³-hybridized carbons (Fsp3) is 0.483. The molecule has 1 aliphatic heterocycles. The van der Waals surface area contributed by atoms with Gasteiger partial charge in [-0.25, -0.2) is 14.4 Å². The van der Waals surface area contributed by atoms with Crippen LogP contribution in [0.1, 0.15) is 33.6 Å². The Morgan fingerprint density at radius 2 is 2.05 bits per heavy atom. The van der Waals surface area contributed by atoms with Gasteiger partial charge in [-0.3, -0.25) is 9.69 Å². The van der Waals surface area contributed by atoms with E-state index in [2.05, 4.69) is 15.3 Å². The molecule has 222 valence electrons. The van der Waals surface area contributed by atoms with Gasteiger partial charge in [-0.15, -0.1) is 0 Å². The number of halogens is 2. The summed E-state index contributed by atoms with van der Waals surface area (Å²) in [7, 11) is 0. The van der Waals surface area contributed by atoms with Crippen LogP contribution in [0.3, 0.4) is 0 Å². The third kappa shape index (κ3) is 9.12. The summed E-state index contributed by atoms with van der Waals surface area (Å²) >= 11 is 5.96. The van der Waals surface area contributed by atoms with Crippen LogP contribution in [0.25, 0.3) is 10.9 Å². The highest BCUT2D eigenvalue weighted by atomic mass is 35.5. The Morgan fingerprint density at radius 3 is 2.76 bits per heavy atom. The molecule has 2 N–H and O–H groups in total. The number of nitrogens with zero attached hydrogens (tertiary/aromatic N) is 3. The first-order chi connectivity index (χ1) is 19.6. The van der Waals surface area contributed by atoms with Crippen LogP contribution in [0, 0.1) is 5.82 Å². The van der Waals surface area contributed by atoms with Crippen molar-refractivity contribution in [2.75, 3.05) is 51.4 Å². The molecule has 1 fully saturated rings. The number of aliphatic hydroxyl groups is 1. The number of hydrogen-bond donors (Lipinski definition) is 2. The zero-order chi connectivity index (χ0) is 29.4. The maximum Gasteiger partial charge on any atom is 0.320 e. The lowest BCUT2D eigenvalue weighted by Gasteiger charge is -2.28. The van der Waals surface area contributed by atoms with Gasteiger partial charge in [0.2, 0.25) is 0 Å². The van der Waals surface area contributed by atoms with Crippen LogP contribution in [0.5, 0.6) is 11.5 Å². The number of fused-ring (bicyclic) bond motifs is 1. The van der Waals surface area contributed by atoms with Crippen LogP contribution in [0.2, 0.25) is 5.02 Å². The molecule has 10 nitrogen and oxygen atoms in total. The molecule has 0 bridgehead atoms. The van der Waals surface area contributed by atoms with Crippen LogP contribution in [-0.2, 0) is 14.3 Å². The number of nitrogens with one attached hydrogen (secondary N) is 1. The number of esters is 1. The Hall–Kier alpha value is -3.25. The third-order valence-electron chi connectivity index (χ3n) is 6.27. The van der Waals surface area contributed by atoms with E-state index in [1.165, 1.54) is 18.5 Å². The second-order valence-corrected chi connectivity index (χ2v) is 10.8. The second kappa shape index (κ2) is 14.1. The number of hydrogen-bond acceptors (Lipinski definition) is 10. The fourth-order valence-corrected chi connectivity index (χ4v) is 4.67. The molecule has 3 aromatic rings. The summed E-state index contributed by atoms with van der Waals surface area (Å²) in [5.41, 5.74) is 0.141. The van der Waals surface area contributed by atoms with Gasteiger partial charge in [0.25, 0.3) is 0 Å². The largest absolute Gasteiger partial charge is 0.488 e. The van der Waals surface area contributed by atoms with Crippen molar-refractivity contribution >= 4 is 40.0 Å². The molecule has 12 heteroatoms. The first-order valence-corrected chi connectivity index (χ1v) is 14.0. The van der Waals surface area contributed by atoms with Gasteiger partial charge in [0, 0.05) is 36.8 Å². The van der Waals surface area contributed by atoms with E-state index in [-0.39, 0.29) is 43.4 Å². The Balaban J connectivity index is 1.57. The van der Waals surface area contributed by atoms with E-state index in [0.29, 0.717) is 53.7 Å². The zero-order valence-corrected chi connectivity index (χ0v) is 24.2. The summed E-state index contributed by atoms with van der Waals surface area (Å²) in [5, 5.41) is 14.1. The second-order valence-electron chi connectivity index (χ2n) is 10.4. The van der Waals surface area contributed by atoms with Crippen LogP contribution >= 0.6 is 11.6 Å². The lowest BCUT2D eigenvalue weighted by molar-refractivity contribution is -0.145. The van der Waals surface area contributed by atoms with Gasteiger partial charge in [0.15, 0.2) is 11.5 Å². The Bertz CT molecular complexity index is 1330.